The highest BCUT2D eigenvalue weighted by Gasteiger charge is 2.11. The van der Waals surface area contributed by atoms with Gasteiger partial charge in [0.2, 0.25) is 0 Å². The van der Waals surface area contributed by atoms with Crippen molar-refractivity contribution < 1.29 is 22.3 Å². The summed E-state index contributed by atoms with van der Waals surface area (Å²) in [4.78, 5) is 8.82. The van der Waals surface area contributed by atoms with Gasteiger partial charge in [-0.2, -0.15) is 0 Å². The van der Waals surface area contributed by atoms with Crippen LogP contribution in [0.25, 0.3) is 22.2 Å². The number of rotatable bonds is 12. The number of fused-ring (bicyclic) bond motifs is 1. The first-order chi connectivity index (χ1) is 19.4. The first-order valence-corrected chi connectivity index (χ1v) is 14.2. The summed E-state index contributed by atoms with van der Waals surface area (Å²) in [5.74, 6) is 2.48. The van der Waals surface area contributed by atoms with Crippen LogP contribution in [-0.2, 0) is 24.2 Å². The van der Waals surface area contributed by atoms with Gasteiger partial charge >= 0.3 is 0 Å². The van der Waals surface area contributed by atoms with Gasteiger partial charge in [-0.15, -0.1) is 0 Å². The van der Waals surface area contributed by atoms with Gasteiger partial charge in [0.1, 0.15) is 41.8 Å². The first-order valence-electron chi connectivity index (χ1n) is 12.5. The van der Waals surface area contributed by atoms with Gasteiger partial charge in [-0.3, -0.25) is 0 Å². The molecule has 3 aromatic carbocycles. The highest BCUT2D eigenvalue weighted by atomic mass is 35.5. The molecule has 5 rings (SSSR count). The Kier molecular flexibility index (Phi) is 9.02. The number of furan rings is 1. The van der Waals surface area contributed by atoms with E-state index in [1.165, 1.54) is 18.5 Å². The van der Waals surface area contributed by atoms with Crippen molar-refractivity contribution in [3.63, 3.8) is 0 Å². The van der Waals surface area contributed by atoms with Crippen LogP contribution in [-0.4, -0.2) is 31.0 Å². The lowest BCUT2D eigenvalue weighted by Crippen LogP contribution is -2.16. The molecule has 0 saturated carbocycles. The smallest absolute Gasteiger partial charge is 0.152 e. The van der Waals surface area contributed by atoms with Gasteiger partial charge in [0.25, 0.3) is 0 Å². The normalized spacial score (nSPS) is 12.0. The summed E-state index contributed by atoms with van der Waals surface area (Å²) >= 11 is 4.70. The van der Waals surface area contributed by atoms with Gasteiger partial charge in [-0.25, -0.2) is 18.6 Å². The van der Waals surface area contributed by atoms with Crippen LogP contribution in [0.2, 0.25) is 5.02 Å². The molecule has 2 heterocycles. The number of benzene rings is 3. The Morgan fingerprint density at radius 2 is 1.95 bits per heavy atom. The average molecular weight is 581 g/mol. The Balaban J connectivity index is 1.28. The van der Waals surface area contributed by atoms with E-state index in [-0.39, 0.29) is 18.2 Å². The molecule has 0 radical (unpaired) electrons. The Hall–Kier alpha value is -3.83. The molecule has 40 heavy (non-hydrogen) atoms. The van der Waals surface area contributed by atoms with Crippen molar-refractivity contribution >= 4 is 45.1 Å². The van der Waals surface area contributed by atoms with Crippen molar-refractivity contribution in [3.8, 4) is 17.1 Å². The maximum absolute atomic E-state index is 13.4. The lowest BCUT2D eigenvalue weighted by atomic mass is 10.1. The molecule has 0 fully saturated rings. The minimum absolute atomic E-state index is 0.194. The van der Waals surface area contributed by atoms with E-state index in [1.54, 1.807) is 24.3 Å². The van der Waals surface area contributed by atoms with Gasteiger partial charge in [0.15, 0.2) is 11.1 Å². The summed E-state index contributed by atoms with van der Waals surface area (Å²) in [6, 6.07) is 21.2. The molecule has 0 aliphatic carbocycles. The summed E-state index contributed by atoms with van der Waals surface area (Å²) < 4.78 is 44.8. The Morgan fingerprint density at radius 1 is 1.05 bits per heavy atom. The molecule has 11 heteroatoms. The second-order valence-corrected chi connectivity index (χ2v) is 10.4. The maximum atomic E-state index is 13.4. The Morgan fingerprint density at radius 3 is 2.77 bits per heavy atom. The first kappa shape index (κ1) is 27.7. The molecule has 2 aromatic heterocycles. The lowest BCUT2D eigenvalue weighted by molar-refractivity contribution is 0.306. The third-order valence-corrected chi connectivity index (χ3v) is 6.96. The second-order valence-electron chi connectivity index (χ2n) is 8.96. The zero-order valence-corrected chi connectivity index (χ0v) is 22.8. The molecular formula is C29H26ClFN4O4S. The molecule has 3 N–H and O–H groups in total. The van der Waals surface area contributed by atoms with Crippen LogP contribution in [0.15, 0.2) is 83.5 Å². The summed E-state index contributed by atoms with van der Waals surface area (Å²) in [5.41, 5.74) is 3.05. The molecule has 0 amide bonds. The number of ether oxygens (including phenoxy) is 1. The van der Waals surface area contributed by atoms with Gasteiger partial charge in [-0.1, -0.05) is 23.7 Å². The summed E-state index contributed by atoms with van der Waals surface area (Å²) in [6.07, 6.45) is 2.10. The molecule has 0 bridgehead atoms. The molecule has 1 atom stereocenters. The average Bonchev–Trinajstić information content (AvgIpc) is 3.41. The van der Waals surface area contributed by atoms with Crippen LogP contribution >= 0.6 is 11.6 Å². The van der Waals surface area contributed by atoms with Gasteiger partial charge in [0, 0.05) is 16.6 Å². The van der Waals surface area contributed by atoms with Crippen LogP contribution < -0.4 is 15.4 Å². The van der Waals surface area contributed by atoms with Crippen LogP contribution in [0.1, 0.15) is 17.7 Å². The molecule has 8 nitrogen and oxygen atoms in total. The SMILES string of the molecule is O=S(O)CCCNCc1ccc(-c2ccc3ncnc(Nc4ccc(OCc5cccc(F)c5)c(Cl)c4)c3c2)o1. The fourth-order valence-corrected chi connectivity index (χ4v) is 4.72. The third kappa shape index (κ3) is 7.22. The van der Waals surface area contributed by atoms with Crippen LogP contribution in [0, 0.1) is 5.82 Å². The van der Waals surface area contributed by atoms with E-state index in [0.29, 0.717) is 53.1 Å². The van der Waals surface area contributed by atoms with E-state index in [9.17, 15) is 8.60 Å². The fourth-order valence-electron chi connectivity index (χ4n) is 4.09. The van der Waals surface area contributed by atoms with Gasteiger partial charge in [0.05, 0.1) is 22.8 Å². The molecule has 1 unspecified atom stereocenters. The standard InChI is InChI=1S/C29H26ClFN4O4S/c30-25-15-22(6-9-28(25)38-17-19-3-1-4-21(31)13-19)35-29-24-14-20(5-8-26(24)33-18-34-29)27-10-7-23(39-27)16-32-11-2-12-40(36)37/h1,3-10,13-15,18,32H,2,11-12,16-17H2,(H,36,37)(H,33,34,35). The van der Waals surface area contributed by atoms with Crippen molar-refractivity contribution in [1.29, 1.82) is 0 Å². The second kappa shape index (κ2) is 13.0. The number of nitrogens with one attached hydrogen (secondary N) is 2. The Labute approximate surface area is 237 Å². The predicted octanol–water partition coefficient (Wildman–Crippen LogP) is 6.71. The molecule has 0 aliphatic rings. The maximum Gasteiger partial charge on any atom is 0.152 e. The summed E-state index contributed by atoms with van der Waals surface area (Å²) in [7, 11) is 0. The molecule has 0 spiro atoms. The van der Waals surface area contributed by atoms with Crippen molar-refractivity contribution in [2.75, 3.05) is 17.6 Å². The monoisotopic (exact) mass is 580 g/mol. The van der Waals surface area contributed by atoms with E-state index >= 15 is 0 Å². The molecule has 5 aromatic rings. The third-order valence-electron chi connectivity index (χ3n) is 6.03. The molecule has 0 aliphatic heterocycles. The Bertz CT molecular complexity index is 1650. The predicted molar refractivity (Wildman–Crippen MR) is 155 cm³/mol. The van der Waals surface area contributed by atoms with Crippen LogP contribution in [0.5, 0.6) is 5.75 Å². The number of aromatic nitrogens is 2. The molecule has 0 saturated heterocycles. The van der Waals surface area contributed by atoms with E-state index in [2.05, 4.69) is 20.6 Å². The van der Waals surface area contributed by atoms with Crippen molar-refractivity contribution in [1.82, 2.24) is 15.3 Å². The van der Waals surface area contributed by atoms with E-state index in [1.807, 2.05) is 36.4 Å². The molecular weight excluding hydrogens is 555 g/mol. The van der Waals surface area contributed by atoms with E-state index < -0.39 is 11.1 Å². The zero-order valence-electron chi connectivity index (χ0n) is 21.3. The summed E-state index contributed by atoms with van der Waals surface area (Å²) in [6.45, 7) is 1.33. The number of halogens is 2. The number of anilines is 2. The van der Waals surface area contributed by atoms with Crippen LogP contribution in [0.3, 0.4) is 0 Å². The largest absolute Gasteiger partial charge is 0.487 e. The fraction of sp³-hybridized carbons (Fsp3) is 0.172. The lowest BCUT2D eigenvalue weighted by Gasteiger charge is -2.12. The summed E-state index contributed by atoms with van der Waals surface area (Å²) in [5, 5.41) is 7.72. The zero-order chi connectivity index (χ0) is 27.9. The number of nitrogens with zero attached hydrogens (tertiary/aromatic N) is 2. The number of hydrogen-bond donors (Lipinski definition) is 3. The minimum atomic E-state index is -1.77. The quantitative estimate of drug-likeness (QED) is 0.110. The van der Waals surface area contributed by atoms with Crippen LogP contribution in [0.4, 0.5) is 15.9 Å². The van der Waals surface area contributed by atoms with Gasteiger partial charge in [-0.05, 0) is 79.2 Å². The molecule has 206 valence electrons. The topological polar surface area (TPSA) is 110 Å². The highest BCUT2D eigenvalue weighted by molar-refractivity contribution is 7.79. The highest BCUT2D eigenvalue weighted by Crippen LogP contribution is 2.32. The van der Waals surface area contributed by atoms with Crippen molar-refractivity contribution in [2.45, 2.75) is 19.6 Å². The minimum Gasteiger partial charge on any atom is -0.487 e. The van der Waals surface area contributed by atoms with E-state index in [4.69, 9.17) is 25.3 Å². The van der Waals surface area contributed by atoms with Crippen molar-refractivity contribution in [3.05, 3.63) is 101 Å². The van der Waals surface area contributed by atoms with E-state index in [0.717, 1.165) is 22.2 Å². The van der Waals surface area contributed by atoms with Crippen molar-refractivity contribution in [2.24, 2.45) is 0 Å². The van der Waals surface area contributed by atoms with Gasteiger partial charge < -0.3 is 24.3 Å². The number of hydrogen-bond acceptors (Lipinski definition) is 7.